The van der Waals surface area contributed by atoms with Crippen LogP contribution < -0.4 is 10.2 Å². The molecular formula is C21H21N3O2S. The Kier molecular flexibility index (Phi) is 4.44. The fourth-order valence-corrected chi connectivity index (χ4v) is 4.24. The molecule has 0 radical (unpaired) electrons. The summed E-state index contributed by atoms with van der Waals surface area (Å²) in [6.07, 6.45) is 0.227. The molecule has 0 bridgehead atoms. The Morgan fingerprint density at radius 2 is 2.00 bits per heavy atom. The predicted octanol–water partition coefficient (Wildman–Crippen LogP) is 4.21. The molecule has 0 aliphatic carbocycles. The maximum atomic E-state index is 12.7. The van der Waals surface area contributed by atoms with Crippen molar-refractivity contribution in [2.45, 2.75) is 27.2 Å². The van der Waals surface area contributed by atoms with E-state index in [2.05, 4.69) is 10.3 Å². The minimum absolute atomic E-state index is 0.0255. The molecule has 1 aliphatic rings. The summed E-state index contributed by atoms with van der Waals surface area (Å²) >= 11 is 1.63. The van der Waals surface area contributed by atoms with Gasteiger partial charge >= 0.3 is 0 Å². The van der Waals surface area contributed by atoms with Gasteiger partial charge in [0.05, 0.1) is 21.1 Å². The third kappa shape index (κ3) is 3.45. The van der Waals surface area contributed by atoms with E-state index in [1.54, 1.807) is 16.2 Å². The molecule has 2 heterocycles. The quantitative estimate of drug-likeness (QED) is 0.741. The molecule has 27 heavy (non-hydrogen) atoms. The number of nitrogens with one attached hydrogen (secondary N) is 1. The molecule has 1 N–H and O–H groups in total. The van der Waals surface area contributed by atoms with Crippen molar-refractivity contribution >= 4 is 44.7 Å². The van der Waals surface area contributed by atoms with Crippen LogP contribution in [0.15, 0.2) is 36.4 Å². The minimum Gasteiger partial charge on any atom is -0.326 e. The van der Waals surface area contributed by atoms with Crippen molar-refractivity contribution in [3.8, 4) is 0 Å². The largest absolute Gasteiger partial charge is 0.326 e. The maximum Gasteiger partial charge on any atom is 0.229 e. The average Bonchev–Trinajstić information content (AvgIpc) is 3.19. The second-order valence-electron chi connectivity index (χ2n) is 7.10. The fraction of sp³-hybridized carbons (Fsp3) is 0.286. The number of aryl methyl sites for hydroxylation is 3. The summed E-state index contributed by atoms with van der Waals surface area (Å²) in [4.78, 5) is 31.4. The van der Waals surface area contributed by atoms with E-state index in [1.807, 2.05) is 57.2 Å². The summed E-state index contributed by atoms with van der Waals surface area (Å²) < 4.78 is 1.10. The molecule has 3 aromatic rings. The number of carbonyl (C=O) groups is 2. The number of anilines is 2. The van der Waals surface area contributed by atoms with Crippen LogP contribution in [0.25, 0.3) is 10.2 Å². The van der Waals surface area contributed by atoms with Crippen molar-refractivity contribution in [2.75, 3.05) is 16.8 Å². The van der Waals surface area contributed by atoms with Crippen LogP contribution in [-0.4, -0.2) is 23.3 Å². The lowest BCUT2D eigenvalue weighted by molar-refractivity contribution is -0.122. The van der Waals surface area contributed by atoms with Gasteiger partial charge in [-0.15, -0.1) is 11.3 Å². The highest BCUT2D eigenvalue weighted by molar-refractivity contribution is 7.18. The normalized spacial score (nSPS) is 16.9. The Morgan fingerprint density at radius 3 is 2.81 bits per heavy atom. The van der Waals surface area contributed by atoms with Gasteiger partial charge in [-0.1, -0.05) is 12.1 Å². The van der Waals surface area contributed by atoms with E-state index in [0.29, 0.717) is 6.54 Å². The molecule has 4 rings (SSSR count). The van der Waals surface area contributed by atoms with E-state index in [-0.39, 0.29) is 24.2 Å². The van der Waals surface area contributed by atoms with E-state index >= 15 is 0 Å². The number of nitrogens with zero attached hydrogens (tertiary/aromatic N) is 2. The lowest BCUT2D eigenvalue weighted by atomic mass is 10.1. The third-order valence-electron chi connectivity index (χ3n) is 4.94. The lowest BCUT2D eigenvalue weighted by Crippen LogP contribution is -2.28. The number of thiazole rings is 1. The second kappa shape index (κ2) is 6.78. The third-order valence-corrected chi connectivity index (χ3v) is 5.89. The minimum atomic E-state index is -0.356. The summed E-state index contributed by atoms with van der Waals surface area (Å²) in [6, 6.07) is 11.8. The first kappa shape index (κ1) is 17.7. The number of hydrogen-bond donors (Lipinski definition) is 1. The molecule has 1 saturated heterocycles. The molecule has 2 amide bonds. The van der Waals surface area contributed by atoms with Crippen molar-refractivity contribution in [2.24, 2.45) is 5.92 Å². The maximum absolute atomic E-state index is 12.7. The summed E-state index contributed by atoms with van der Waals surface area (Å²) in [5.74, 6) is -0.488. The van der Waals surface area contributed by atoms with Gasteiger partial charge in [-0.3, -0.25) is 9.59 Å². The molecule has 5 nitrogen and oxygen atoms in total. The lowest BCUT2D eigenvalue weighted by Gasteiger charge is -2.17. The molecule has 138 valence electrons. The van der Waals surface area contributed by atoms with E-state index in [1.165, 1.54) is 0 Å². The van der Waals surface area contributed by atoms with Gasteiger partial charge in [0.1, 0.15) is 0 Å². The molecule has 0 saturated carbocycles. The average molecular weight is 379 g/mol. The van der Waals surface area contributed by atoms with Crippen LogP contribution >= 0.6 is 11.3 Å². The first-order chi connectivity index (χ1) is 12.9. The predicted molar refractivity (Wildman–Crippen MR) is 109 cm³/mol. The second-order valence-corrected chi connectivity index (χ2v) is 8.33. The smallest absolute Gasteiger partial charge is 0.229 e. The van der Waals surface area contributed by atoms with Crippen LogP contribution in [0.4, 0.5) is 11.4 Å². The zero-order valence-electron chi connectivity index (χ0n) is 15.6. The Hall–Kier alpha value is -2.73. The van der Waals surface area contributed by atoms with Crippen molar-refractivity contribution in [3.63, 3.8) is 0 Å². The number of amides is 2. The Bertz CT molecular complexity index is 1060. The molecule has 1 aliphatic heterocycles. The number of rotatable bonds is 3. The van der Waals surface area contributed by atoms with Gasteiger partial charge in [0.25, 0.3) is 0 Å². The van der Waals surface area contributed by atoms with Crippen LogP contribution in [-0.2, 0) is 9.59 Å². The standard InChI is InChI=1S/C21H21N3O2S/c1-12-4-5-13(2)17(8-12)23-21(26)15-9-20(25)24(11-15)16-6-7-19-18(10-16)22-14(3)27-19/h4-8,10,15H,9,11H2,1-3H3,(H,23,26). The zero-order chi connectivity index (χ0) is 19.1. The summed E-state index contributed by atoms with van der Waals surface area (Å²) in [5, 5.41) is 3.99. The summed E-state index contributed by atoms with van der Waals surface area (Å²) in [7, 11) is 0. The highest BCUT2D eigenvalue weighted by atomic mass is 32.1. The first-order valence-electron chi connectivity index (χ1n) is 8.96. The van der Waals surface area contributed by atoms with E-state index in [4.69, 9.17) is 0 Å². The molecule has 2 aromatic carbocycles. The van der Waals surface area contributed by atoms with Gasteiger partial charge in [-0.2, -0.15) is 0 Å². The van der Waals surface area contributed by atoms with Gasteiger partial charge in [-0.25, -0.2) is 4.98 Å². The summed E-state index contributed by atoms with van der Waals surface area (Å²) in [6.45, 7) is 6.32. The van der Waals surface area contributed by atoms with Crippen LogP contribution in [0.2, 0.25) is 0 Å². The van der Waals surface area contributed by atoms with Gasteiger partial charge in [-0.05, 0) is 56.2 Å². The zero-order valence-corrected chi connectivity index (χ0v) is 16.4. The number of aromatic nitrogens is 1. The Labute approximate surface area is 162 Å². The van der Waals surface area contributed by atoms with Crippen molar-refractivity contribution < 1.29 is 9.59 Å². The van der Waals surface area contributed by atoms with Crippen LogP contribution in [0.3, 0.4) is 0 Å². The van der Waals surface area contributed by atoms with Crippen molar-refractivity contribution in [1.82, 2.24) is 4.98 Å². The van der Waals surface area contributed by atoms with Crippen LogP contribution in [0.1, 0.15) is 22.6 Å². The van der Waals surface area contributed by atoms with Crippen LogP contribution in [0, 0.1) is 26.7 Å². The van der Waals surface area contributed by atoms with Gasteiger partial charge in [0, 0.05) is 24.3 Å². The van der Waals surface area contributed by atoms with E-state index < -0.39 is 0 Å². The van der Waals surface area contributed by atoms with E-state index in [9.17, 15) is 9.59 Å². The Balaban J connectivity index is 1.52. The molecule has 1 unspecified atom stereocenters. The fourth-order valence-electron chi connectivity index (χ4n) is 3.44. The molecular weight excluding hydrogens is 358 g/mol. The van der Waals surface area contributed by atoms with Crippen LogP contribution in [0.5, 0.6) is 0 Å². The molecule has 1 fully saturated rings. The highest BCUT2D eigenvalue weighted by Gasteiger charge is 2.35. The number of benzene rings is 2. The highest BCUT2D eigenvalue weighted by Crippen LogP contribution is 2.31. The van der Waals surface area contributed by atoms with Gasteiger partial charge in [0.2, 0.25) is 11.8 Å². The molecule has 1 atom stereocenters. The molecule has 0 spiro atoms. The van der Waals surface area contributed by atoms with E-state index in [0.717, 1.165) is 37.7 Å². The van der Waals surface area contributed by atoms with Gasteiger partial charge < -0.3 is 10.2 Å². The number of hydrogen-bond acceptors (Lipinski definition) is 4. The molecule has 1 aromatic heterocycles. The molecule has 6 heteroatoms. The van der Waals surface area contributed by atoms with Gasteiger partial charge in [0.15, 0.2) is 0 Å². The van der Waals surface area contributed by atoms with Crippen molar-refractivity contribution in [3.05, 3.63) is 52.5 Å². The Morgan fingerprint density at radius 1 is 1.19 bits per heavy atom. The number of carbonyl (C=O) groups excluding carboxylic acids is 2. The first-order valence-corrected chi connectivity index (χ1v) is 9.78. The summed E-state index contributed by atoms with van der Waals surface area (Å²) in [5.41, 5.74) is 4.61. The number of fused-ring (bicyclic) bond motifs is 1. The SMILES string of the molecule is Cc1ccc(C)c(NC(=O)C2CC(=O)N(c3ccc4sc(C)nc4c3)C2)c1. The monoisotopic (exact) mass is 379 g/mol. The van der Waals surface area contributed by atoms with Crippen molar-refractivity contribution in [1.29, 1.82) is 0 Å². The topological polar surface area (TPSA) is 62.3 Å².